The fourth-order valence-corrected chi connectivity index (χ4v) is 3.21. The lowest BCUT2D eigenvalue weighted by molar-refractivity contribution is -0.697. The molecule has 0 saturated carbocycles. The van der Waals surface area contributed by atoms with Gasteiger partial charge in [0.1, 0.15) is 6.04 Å². The Hall–Kier alpha value is -2.46. The highest BCUT2D eigenvalue weighted by molar-refractivity contribution is 5.77. The van der Waals surface area contributed by atoms with Crippen LogP contribution in [0.2, 0.25) is 0 Å². The van der Waals surface area contributed by atoms with Gasteiger partial charge in [0.25, 0.3) is 5.56 Å². The van der Waals surface area contributed by atoms with Gasteiger partial charge in [-0.05, 0) is 24.1 Å². The Morgan fingerprint density at radius 3 is 2.48 bits per heavy atom. The second-order valence-corrected chi connectivity index (χ2v) is 6.40. The first-order valence-electron chi connectivity index (χ1n) is 9.11. The summed E-state index contributed by atoms with van der Waals surface area (Å²) in [7, 11) is 0. The summed E-state index contributed by atoms with van der Waals surface area (Å²) in [5.74, 6) is 0.878. The molecule has 0 amide bonds. The lowest BCUT2D eigenvalue weighted by Gasteiger charge is -2.19. The standard InChI is InChI=1S/C21H25N3O/c1-3-14-22-18(4-2)20-23-19-13-9-8-12-17(19)21(25)24(20)15-16-10-6-5-7-11-16/h5-13,18,22H,3-4,14-15H2,1-2H3/p+1/t18-/m1/s1. The predicted molar refractivity (Wildman–Crippen MR) is 102 cm³/mol. The van der Waals surface area contributed by atoms with Gasteiger partial charge in [-0.25, -0.2) is 4.98 Å². The zero-order chi connectivity index (χ0) is 17.6. The summed E-state index contributed by atoms with van der Waals surface area (Å²) in [6.07, 6.45) is 2.05. The van der Waals surface area contributed by atoms with Crippen molar-refractivity contribution >= 4 is 10.9 Å². The van der Waals surface area contributed by atoms with Gasteiger partial charge in [0.05, 0.1) is 24.0 Å². The van der Waals surface area contributed by atoms with Gasteiger partial charge in [0, 0.05) is 6.42 Å². The molecule has 0 radical (unpaired) electrons. The molecule has 0 spiro atoms. The average Bonchev–Trinajstić information content (AvgIpc) is 2.66. The zero-order valence-electron chi connectivity index (χ0n) is 15.0. The molecule has 0 saturated heterocycles. The molecule has 0 unspecified atom stereocenters. The van der Waals surface area contributed by atoms with E-state index in [9.17, 15) is 4.79 Å². The SMILES string of the molecule is CCC[NH2+][C@H](CC)c1nc2ccccc2c(=O)n1Cc1ccccc1. The first-order chi connectivity index (χ1) is 12.2. The Bertz CT molecular complexity index is 887. The predicted octanol–water partition coefficient (Wildman–Crippen LogP) is 2.87. The fourth-order valence-electron chi connectivity index (χ4n) is 3.21. The lowest BCUT2D eigenvalue weighted by Crippen LogP contribution is -2.85. The van der Waals surface area contributed by atoms with E-state index in [0.717, 1.165) is 36.3 Å². The van der Waals surface area contributed by atoms with E-state index < -0.39 is 0 Å². The van der Waals surface area contributed by atoms with Crippen molar-refractivity contribution in [1.82, 2.24) is 9.55 Å². The second-order valence-electron chi connectivity index (χ2n) is 6.40. The highest BCUT2D eigenvalue weighted by Gasteiger charge is 2.21. The Labute approximate surface area is 148 Å². The van der Waals surface area contributed by atoms with Gasteiger partial charge in [-0.1, -0.05) is 56.3 Å². The van der Waals surface area contributed by atoms with Crippen molar-refractivity contribution in [2.75, 3.05) is 6.54 Å². The number of para-hydroxylation sites is 1. The lowest BCUT2D eigenvalue weighted by atomic mass is 10.1. The number of aromatic nitrogens is 2. The number of nitrogens with two attached hydrogens (primary N) is 1. The maximum atomic E-state index is 13.2. The summed E-state index contributed by atoms with van der Waals surface area (Å²) in [6, 6.07) is 18.0. The molecule has 4 nitrogen and oxygen atoms in total. The summed E-state index contributed by atoms with van der Waals surface area (Å²) in [4.78, 5) is 18.0. The van der Waals surface area contributed by atoms with Gasteiger partial charge in [-0.15, -0.1) is 0 Å². The van der Waals surface area contributed by atoms with Crippen molar-refractivity contribution in [1.29, 1.82) is 0 Å². The third-order valence-electron chi connectivity index (χ3n) is 4.59. The highest BCUT2D eigenvalue weighted by atomic mass is 16.1. The number of nitrogens with zero attached hydrogens (tertiary/aromatic N) is 2. The van der Waals surface area contributed by atoms with Crippen LogP contribution in [0.15, 0.2) is 59.4 Å². The molecule has 3 rings (SSSR count). The van der Waals surface area contributed by atoms with Crippen LogP contribution in [-0.4, -0.2) is 16.1 Å². The van der Waals surface area contributed by atoms with E-state index in [4.69, 9.17) is 4.98 Å². The van der Waals surface area contributed by atoms with Crippen LogP contribution in [0.25, 0.3) is 10.9 Å². The molecule has 25 heavy (non-hydrogen) atoms. The highest BCUT2D eigenvalue weighted by Crippen LogP contribution is 2.15. The minimum atomic E-state index is 0.0489. The molecule has 2 N–H and O–H groups in total. The van der Waals surface area contributed by atoms with Crippen LogP contribution < -0.4 is 10.9 Å². The fraction of sp³-hybridized carbons (Fsp3) is 0.333. The van der Waals surface area contributed by atoms with E-state index in [-0.39, 0.29) is 11.6 Å². The smallest absolute Gasteiger partial charge is 0.261 e. The molecule has 1 heterocycles. The van der Waals surface area contributed by atoms with E-state index in [1.165, 1.54) is 0 Å². The molecule has 1 aromatic heterocycles. The molecule has 0 bridgehead atoms. The molecular weight excluding hydrogens is 310 g/mol. The van der Waals surface area contributed by atoms with Crippen molar-refractivity contribution in [3.05, 3.63) is 76.3 Å². The molecule has 0 aliphatic carbocycles. The minimum Gasteiger partial charge on any atom is -0.338 e. The summed E-state index contributed by atoms with van der Waals surface area (Å²) >= 11 is 0. The number of hydrogen-bond acceptors (Lipinski definition) is 2. The van der Waals surface area contributed by atoms with Gasteiger partial charge < -0.3 is 5.32 Å². The number of fused-ring (bicyclic) bond motifs is 1. The molecule has 1 atom stereocenters. The number of rotatable bonds is 7. The van der Waals surface area contributed by atoms with Crippen LogP contribution in [0.1, 0.15) is 44.1 Å². The maximum Gasteiger partial charge on any atom is 0.261 e. The van der Waals surface area contributed by atoms with Crippen molar-refractivity contribution in [3.8, 4) is 0 Å². The van der Waals surface area contributed by atoms with Crippen LogP contribution >= 0.6 is 0 Å². The van der Waals surface area contributed by atoms with Crippen LogP contribution in [0.5, 0.6) is 0 Å². The van der Waals surface area contributed by atoms with E-state index in [1.807, 2.05) is 47.0 Å². The molecule has 4 heteroatoms. The van der Waals surface area contributed by atoms with Gasteiger partial charge >= 0.3 is 0 Å². The zero-order valence-corrected chi connectivity index (χ0v) is 15.0. The van der Waals surface area contributed by atoms with Gasteiger partial charge in [0.2, 0.25) is 0 Å². The summed E-state index contributed by atoms with van der Waals surface area (Å²) in [5.41, 5.74) is 1.95. The quantitative estimate of drug-likeness (QED) is 0.721. The van der Waals surface area contributed by atoms with Crippen LogP contribution in [-0.2, 0) is 6.54 Å². The molecule has 0 aliphatic rings. The largest absolute Gasteiger partial charge is 0.338 e. The van der Waals surface area contributed by atoms with E-state index in [0.29, 0.717) is 11.9 Å². The Morgan fingerprint density at radius 1 is 1.04 bits per heavy atom. The molecule has 130 valence electrons. The van der Waals surface area contributed by atoms with Gasteiger partial charge in [-0.2, -0.15) is 0 Å². The number of benzene rings is 2. The van der Waals surface area contributed by atoms with Crippen molar-refractivity contribution in [2.24, 2.45) is 0 Å². The van der Waals surface area contributed by atoms with Crippen molar-refractivity contribution in [3.63, 3.8) is 0 Å². The Kier molecular flexibility index (Phi) is 5.61. The van der Waals surface area contributed by atoms with Crippen LogP contribution in [0.3, 0.4) is 0 Å². The summed E-state index contributed by atoms with van der Waals surface area (Å²) < 4.78 is 1.86. The molecule has 3 aromatic rings. The van der Waals surface area contributed by atoms with Crippen molar-refractivity contribution < 1.29 is 5.32 Å². The minimum absolute atomic E-state index is 0.0489. The maximum absolute atomic E-state index is 13.2. The van der Waals surface area contributed by atoms with Crippen LogP contribution in [0.4, 0.5) is 0 Å². The third kappa shape index (κ3) is 3.80. The molecule has 0 fully saturated rings. The van der Waals surface area contributed by atoms with E-state index in [1.54, 1.807) is 0 Å². The average molecular weight is 336 g/mol. The van der Waals surface area contributed by atoms with E-state index >= 15 is 0 Å². The monoisotopic (exact) mass is 336 g/mol. The number of hydrogen-bond donors (Lipinski definition) is 1. The normalized spacial score (nSPS) is 12.4. The number of quaternary nitrogens is 1. The van der Waals surface area contributed by atoms with Crippen LogP contribution in [0, 0.1) is 0 Å². The topological polar surface area (TPSA) is 51.5 Å². The van der Waals surface area contributed by atoms with Gasteiger partial charge in [-0.3, -0.25) is 9.36 Å². The van der Waals surface area contributed by atoms with Crippen molar-refractivity contribution in [2.45, 2.75) is 39.3 Å². The first-order valence-corrected chi connectivity index (χ1v) is 9.11. The summed E-state index contributed by atoms with van der Waals surface area (Å²) in [5, 5.41) is 2.99. The molecule has 2 aromatic carbocycles. The third-order valence-corrected chi connectivity index (χ3v) is 4.59. The first kappa shape index (κ1) is 17.4. The summed E-state index contributed by atoms with van der Waals surface area (Å²) in [6.45, 7) is 5.93. The van der Waals surface area contributed by atoms with E-state index in [2.05, 4.69) is 31.3 Å². The van der Waals surface area contributed by atoms with Gasteiger partial charge in [0.15, 0.2) is 5.82 Å². The molecular formula is C21H26N3O+. The Morgan fingerprint density at radius 2 is 1.76 bits per heavy atom. The molecule has 0 aliphatic heterocycles. The second kappa shape index (κ2) is 8.08. The Balaban J connectivity index is 2.14.